The summed E-state index contributed by atoms with van der Waals surface area (Å²) >= 11 is 6.11. The minimum Gasteiger partial charge on any atom is -0.508 e. The molecule has 0 unspecified atom stereocenters. The lowest BCUT2D eigenvalue weighted by Crippen LogP contribution is -2.64. The Morgan fingerprint density at radius 2 is 1.62 bits per heavy atom. The standard InChI is InChI=1S/C29H26ClN3O8.C2HF3O2/c1-11-12-8-9-17(32-28(40)13-6-4-5-7-16(13)30)22(34)18(12)23(35)19-14(11)10-15-21(33(2)3)24(36)20(27(31)39)26(38)29(15,41)25(19)37;3-2(4,5)1(6)7/h4-9,15,21,34-35,38,41H,10H2,1-3H3,(H2,31,39)(H,32,40);(H,6,7)/t15-,21-,29-;/m0./s1. The van der Waals surface area contributed by atoms with Gasteiger partial charge in [0.15, 0.2) is 17.1 Å². The van der Waals surface area contributed by atoms with Gasteiger partial charge in [-0.1, -0.05) is 29.8 Å². The number of ketones is 2. The van der Waals surface area contributed by atoms with Crippen molar-refractivity contribution in [3.8, 4) is 11.5 Å². The molecule has 2 aliphatic carbocycles. The molecule has 0 saturated carbocycles. The first-order valence-corrected chi connectivity index (χ1v) is 14.1. The molecule has 3 aromatic carbocycles. The van der Waals surface area contributed by atoms with Gasteiger partial charge in [0, 0.05) is 5.92 Å². The zero-order valence-electron chi connectivity index (χ0n) is 25.1. The fourth-order valence-corrected chi connectivity index (χ4v) is 6.24. The van der Waals surface area contributed by atoms with Crippen LogP contribution < -0.4 is 11.1 Å². The molecule has 0 bridgehead atoms. The van der Waals surface area contributed by atoms with Gasteiger partial charge in [0.05, 0.1) is 33.3 Å². The van der Waals surface area contributed by atoms with Crippen LogP contribution in [0.3, 0.4) is 0 Å². The number of likely N-dealkylation sites (N-methyl/N-ethyl adjacent to an activating group) is 1. The number of nitrogens with two attached hydrogens (primary N) is 1. The topological polar surface area (TPSA) is 228 Å². The van der Waals surface area contributed by atoms with Crippen LogP contribution in [0.5, 0.6) is 11.5 Å². The fraction of sp³-hybridized carbons (Fsp3) is 0.258. The number of carbonyl (C=O) groups is 5. The van der Waals surface area contributed by atoms with E-state index in [0.717, 1.165) is 0 Å². The minimum absolute atomic E-state index is 0.0911. The maximum absolute atomic E-state index is 14.0. The molecule has 254 valence electrons. The van der Waals surface area contributed by atoms with Gasteiger partial charge in [-0.05, 0) is 62.2 Å². The lowest BCUT2D eigenvalue weighted by molar-refractivity contribution is -0.192. The molecule has 48 heavy (non-hydrogen) atoms. The number of carbonyl (C=O) groups excluding carboxylic acids is 4. The van der Waals surface area contributed by atoms with Gasteiger partial charge in [-0.25, -0.2) is 4.79 Å². The van der Waals surface area contributed by atoms with Crippen molar-refractivity contribution in [2.24, 2.45) is 11.7 Å². The number of halogens is 4. The van der Waals surface area contributed by atoms with E-state index in [4.69, 9.17) is 27.2 Å². The lowest BCUT2D eigenvalue weighted by Gasteiger charge is -2.47. The molecule has 5 rings (SSSR count). The predicted octanol–water partition coefficient (Wildman–Crippen LogP) is 2.99. The molecule has 13 nitrogen and oxygen atoms in total. The van der Waals surface area contributed by atoms with E-state index in [-0.39, 0.29) is 33.6 Å². The van der Waals surface area contributed by atoms with Gasteiger partial charge in [-0.2, -0.15) is 13.2 Å². The summed E-state index contributed by atoms with van der Waals surface area (Å²) in [7, 11) is 3.04. The molecule has 0 fully saturated rings. The number of fused-ring (bicyclic) bond motifs is 3. The highest BCUT2D eigenvalue weighted by Gasteiger charge is 2.62. The Hall–Kier alpha value is -5.19. The Balaban J connectivity index is 0.000000671. The van der Waals surface area contributed by atoms with Crippen LogP contribution in [0.4, 0.5) is 18.9 Å². The molecule has 2 amide bonds. The van der Waals surface area contributed by atoms with E-state index in [9.17, 15) is 52.8 Å². The zero-order chi connectivity index (χ0) is 36.2. The van der Waals surface area contributed by atoms with Crippen LogP contribution in [0, 0.1) is 12.8 Å². The summed E-state index contributed by atoms with van der Waals surface area (Å²) in [4.78, 5) is 62.4. The number of aliphatic hydroxyl groups excluding tert-OH is 1. The number of benzene rings is 3. The smallest absolute Gasteiger partial charge is 0.490 e. The van der Waals surface area contributed by atoms with E-state index in [1.165, 1.54) is 43.3 Å². The number of anilines is 1. The number of nitrogens with zero attached hydrogens (tertiary/aromatic N) is 1. The summed E-state index contributed by atoms with van der Waals surface area (Å²) in [5, 5.41) is 55.2. The quantitative estimate of drug-likeness (QED) is 0.155. The molecule has 17 heteroatoms. The monoisotopic (exact) mass is 693 g/mol. The number of hydrogen-bond donors (Lipinski definition) is 7. The second kappa shape index (κ2) is 12.4. The van der Waals surface area contributed by atoms with Crippen molar-refractivity contribution in [1.82, 2.24) is 4.90 Å². The number of nitrogens with one attached hydrogen (secondary N) is 1. The van der Waals surface area contributed by atoms with Crippen molar-refractivity contribution in [1.29, 1.82) is 0 Å². The SMILES string of the molecule is Cc1c2c(c(O)c3c(O)c(NC(=O)c4ccccc4Cl)ccc13)C(=O)[C@]1(O)C(O)=C(C(N)=O)C(=O)[C@@H](N(C)C)[C@@H]1C2.O=C(O)C(F)(F)F. The Kier molecular flexibility index (Phi) is 9.24. The zero-order valence-corrected chi connectivity index (χ0v) is 25.9. The van der Waals surface area contributed by atoms with E-state index in [0.29, 0.717) is 10.9 Å². The van der Waals surface area contributed by atoms with Crippen molar-refractivity contribution in [3.05, 3.63) is 75.0 Å². The van der Waals surface area contributed by atoms with Crippen LogP contribution in [0.1, 0.15) is 31.8 Å². The molecule has 3 aromatic rings. The number of aryl methyl sites for hydroxylation is 1. The number of amides is 2. The van der Waals surface area contributed by atoms with Crippen LogP contribution in [-0.4, -0.2) is 91.7 Å². The first-order chi connectivity index (χ1) is 22.2. The number of aliphatic hydroxyl groups is 2. The van der Waals surface area contributed by atoms with Gasteiger partial charge in [-0.3, -0.25) is 24.1 Å². The molecule has 3 atom stereocenters. The second-order valence-corrected chi connectivity index (χ2v) is 11.6. The Labute approximate surface area is 273 Å². The summed E-state index contributed by atoms with van der Waals surface area (Å²) in [5.41, 5.74) is 2.06. The highest BCUT2D eigenvalue weighted by Crippen LogP contribution is 2.51. The van der Waals surface area contributed by atoms with E-state index >= 15 is 0 Å². The largest absolute Gasteiger partial charge is 0.508 e. The normalized spacial score (nSPS) is 20.5. The van der Waals surface area contributed by atoms with Crippen LogP contribution in [0.2, 0.25) is 5.02 Å². The lowest BCUT2D eigenvalue weighted by atomic mass is 9.61. The Bertz CT molecular complexity index is 1960. The van der Waals surface area contributed by atoms with E-state index in [1.807, 2.05) is 0 Å². The number of hydrogen-bond acceptors (Lipinski definition) is 10. The van der Waals surface area contributed by atoms with Crippen molar-refractivity contribution >= 4 is 57.4 Å². The van der Waals surface area contributed by atoms with Gasteiger partial charge < -0.3 is 36.6 Å². The van der Waals surface area contributed by atoms with Crippen molar-refractivity contribution < 1.29 is 62.7 Å². The van der Waals surface area contributed by atoms with E-state index in [2.05, 4.69) is 5.32 Å². The van der Waals surface area contributed by atoms with Gasteiger partial charge >= 0.3 is 12.1 Å². The van der Waals surface area contributed by atoms with Gasteiger partial charge in [0.25, 0.3) is 11.8 Å². The highest BCUT2D eigenvalue weighted by atomic mass is 35.5. The highest BCUT2D eigenvalue weighted by molar-refractivity contribution is 6.34. The van der Waals surface area contributed by atoms with Gasteiger partial charge in [0.2, 0.25) is 5.78 Å². The van der Waals surface area contributed by atoms with Crippen LogP contribution in [0.15, 0.2) is 47.7 Å². The van der Waals surface area contributed by atoms with Crippen LogP contribution in [0.25, 0.3) is 10.8 Å². The van der Waals surface area contributed by atoms with Crippen LogP contribution >= 0.6 is 11.6 Å². The summed E-state index contributed by atoms with van der Waals surface area (Å²) in [6.07, 6.45) is -5.23. The molecule has 0 aromatic heterocycles. The maximum Gasteiger partial charge on any atom is 0.490 e. The number of carboxylic acid groups (broad SMARTS) is 1. The number of carboxylic acids is 1. The number of aromatic hydroxyl groups is 2. The number of phenolic OH excluding ortho intramolecular Hbond substituents is 2. The third kappa shape index (κ3) is 5.67. The number of phenols is 2. The Morgan fingerprint density at radius 1 is 1.04 bits per heavy atom. The number of primary amides is 1. The van der Waals surface area contributed by atoms with E-state index in [1.54, 1.807) is 19.1 Å². The second-order valence-electron chi connectivity index (χ2n) is 11.2. The van der Waals surface area contributed by atoms with Gasteiger partial charge in [-0.15, -0.1) is 0 Å². The third-order valence-corrected chi connectivity index (χ3v) is 8.58. The average molecular weight is 694 g/mol. The third-order valence-electron chi connectivity index (χ3n) is 8.25. The minimum atomic E-state index is -5.08. The molecule has 0 saturated heterocycles. The van der Waals surface area contributed by atoms with Gasteiger partial charge in [0.1, 0.15) is 17.1 Å². The molecule has 8 N–H and O–H groups in total. The number of alkyl halides is 3. The predicted molar refractivity (Wildman–Crippen MR) is 163 cm³/mol. The fourth-order valence-electron chi connectivity index (χ4n) is 6.02. The molecule has 0 radical (unpaired) electrons. The average Bonchev–Trinajstić information content (AvgIpc) is 2.98. The summed E-state index contributed by atoms with van der Waals surface area (Å²) in [6, 6.07) is 8.02. The molecule has 0 aliphatic heterocycles. The molecular weight excluding hydrogens is 667 g/mol. The maximum atomic E-state index is 14.0. The molecule has 0 heterocycles. The molecule has 0 spiro atoms. The summed E-state index contributed by atoms with van der Waals surface area (Å²) < 4.78 is 31.7. The molecular formula is C31H27ClF3N3O10. The Morgan fingerprint density at radius 3 is 2.15 bits per heavy atom. The summed E-state index contributed by atoms with van der Waals surface area (Å²) in [6.45, 7) is 1.64. The first kappa shape index (κ1) is 35.7. The van der Waals surface area contributed by atoms with Crippen molar-refractivity contribution in [2.45, 2.75) is 31.2 Å². The number of aliphatic carboxylic acids is 1. The van der Waals surface area contributed by atoms with E-state index < -0.39 is 81.5 Å². The van der Waals surface area contributed by atoms with Crippen molar-refractivity contribution in [3.63, 3.8) is 0 Å². The number of Topliss-reactive ketones (excluding diaryl/α,β-unsaturated/α-hetero) is 2. The van der Waals surface area contributed by atoms with Crippen molar-refractivity contribution in [2.75, 3.05) is 19.4 Å². The summed E-state index contributed by atoms with van der Waals surface area (Å²) in [5.74, 6) is -10.4. The number of rotatable bonds is 4. The molecule has 2 aliphatic rings. The first-order valence-electron chi connectivity index (χ1n) is 13.7. The van der Waals surface area contributed by atoms with Crippen LogP contribution in [-0.2, 0) is 20.8 Å².